The van der Waals surface area contributed by atoms with E-state index in [0.29, 0.717) is 0 Å². The van der Waals surface area contributed by atoms with Gasteiger partial charge in [0.2, 0.25) is 0 Å². The van der Waals surface area contributed by atoms with Crippen molar-refractivity contribution in [2.75, 3.05) is 14.2 Å². The van der Waals surface area contributed by atoms with Crippen molar-refractivity contribution in [3.63, 3.8) is 0 Å². The van der Waals surface area contributed by atoms with E-state index in [-0.39, 0.29) is 17.1 Å². The Morgan fingerprint density at radius 1 is 0.806 bits per heavy atom. The first-order valence-electron chi connectivity index (χ1n) is 8.84. The number of benzene rings is 2. The molecule has 2 rings (SSSR count). The van der Waals surface area contributed by atoms with Gasteiger partial charge >= 0.3 is 23.9 Å². The maximum Gasteiger partial charge on any atom is 0.340 e. The van der Waals surface area contributed by atoms with E-state index in [2.05, 4.69) is 32.0 Å². The molecule has 0 unspecified atom stereocenters. The number of para-hydroxylation sites is 1. The Labute approximate surface area is 186 Å². The molecule has 0 heterocycles. The topological polar surface area (TPSA) is 105 Å². The lowest BCUT2D eigenvalue weighted by Gasteiger charge is -2.26. The second-order valence-electron chi connectivity index (χ2n) is 6.21. The summed E-state index contributed by atoms with van der Waals surface area (Å²) >= 11 is 3.26. The Balaban J connectivity index is 2.34. The van der Waals surface area contributed by atoms with Crippen LogP contribution in [0, 0.1) is 5.41 Å². The highest BCUT2D eigenvalue weighted by Gasteiger charge is 2.58. The first-order chi connectivity index (χ1) is 14.7. The molecule has 0 spiro atoms. The van der Waals surface area contributed by atoms with E-state index >= 15 is 0 Å². The monoisotopic (exact) mass is 490 g/mol. The summed E-state index contributed by atoms with van der Waals surface area (Å²) in [5, 5.41) is 0. The first kappa shape index (κ1) is 23.8. The van der Waals surface area contributed by atoms with Gasteiger partial charge < -0.3 is 18.9 Å². The molecular weight excluding hydrogens is 472 g/mol. The number of carbonyl (C=O) groups excluding carboxylic acids is 4. The molecule has 0 amide bonds. The SMILES string of the molecule is C=C(CC(C(=O)OC)(C(=O)OC)C(=O)Oc1ccccc1)C(=O)Oc1ccc(Br)cc1. The summed E-state index contributed by atoms with van der Waals surface area (Å²) < 4.78 is 20.5. The smallest absolute Gasteiger partial charge is 0.340 e. The predicted octanol–water partition coefficient (Wildman–Crippen LogP) is 3.24. The Hall–Kier alpha value is -3.46. The van der Waals surface area contributed by atoms with Gasteiger partial charge in [0, 0.05) is 16.5 Å². The van der Waals surface area contributed by atoms with Gasteiger partial charge in [0.1, 0.15) is 11.5 Å². The van der Waals surface area contributed by atoms with E-state index < -0.39 is 35.7 Å². The molecule has 2 aromatic rings. The van der Waals surface area contributed by atoms with Gasteiger partial charge in [-0.15, -0.1) is 0 Å². The Morgan fingerprint density at radius 3 is 1.84 bits per heavy atom. The van der Waals surface area contributed by atoms with Crippen molar-refractivity contribution < 1.29 is 38.1 Å². The molecule has 0 bridgehead atoms. The molecule has 0 radical (unpaired) electrons. The van der Waals surface area contributed by atoms with Crippen LogP contribution in [0.1, 0.15) is 6.42 Å². The van der Waals surface area contributed by atoms with Crippen LogP contribution in [0.5, 0.6) is 11.5 Å². The number of carbonyl (C=O) groups is 4. The highest BCUT2D eigenvalue weighted by molar-refractivity contribution is 9.10. The number of hydrogen-bond acceptors (Lipinski definition) is 8. The third-order valence-corrected chi connectivity index (χ3v) is 4.69. The molecule has 2 aromatic carbocycles. The molecule has 0 aliphatic carbocycles. The van der Waals surface area contributed by atoms with Crippen LogP contribution in [0.25, 0.3) is 0 Å². The Morgan fingerprint density at radius 2 is 1.32 bits per heavy atom. The van der Waals surface area contributed by atoms with Crippen molar-refractivity contribution >= 4 is 39.8 Å². The van der Waals surface area contributed by atoms with Crippen molar-refractivity contribution in [2.24, 2.45) is 5.41 Å². The predicted molar refractivity (Wildman–Crippen MR) is 112 cm³/mol. The van der Waals surface area contributed by atoms with E-state index in [1.54, 1.807) is 30.3 Å². The maximum absolute atomic E-state index is 13.0. The van der Waals surface area contributed by atoms with Crippen LogP contribution in [-0.2, 0) is 28.7 Å². The van der Waals surface area contributed by atoms with E-state index in [9.17, 15) is 19.2 Å². The molecule has 0 atom stereocenters. The molecule has 8 nitrogen and oxygen atoms in total. The lowest BCUT2D eigenvalue weighted by molar-refractivity contribution is -0.177. The molecule has 162 valence electrons. The average molecular weight is 491 g/mol. The molecule has 0 aliphatic rings. The minimum absolute atomic E-state index is 0.0766. The number of esters is 4. The first-order valence-corrected chi connectivity index (χ1v) is 9.63. The third kappa shape index (κ3) is 5.58. The summed E-state index contributed by atoms with van der Waals surface area (Å²) in [5.41, 5.74) is -2.96. The molecule has 0 aromatic heterocycles. The standard InChI is InChI=1S/C22H19BrO8/c1-14(18(24)30-17-11-9-15(23)10-12-17)13-22(19(25)28-2,20(26)29-3)21(27)31-16-7-5-4-6-8-16/h4-12H,1,13H2,2-3H3. The molecule has 0 N–H and O–H groups in total. The second kappa shape index (κ2) is 10.5. The van der Waals surface area contributed by atoms with Crippen LogP contribution < -0.4 is 9.47 Å². The summed E-state index contributed by atoms with van der Waals surface area (Å²) in [6.07, 6.45) is -0.770. The van der Waals surface area contributed by atoms with Crippen molar-refractivity contribution in [1.29, 1.82) is 0 Å². The third-order valence-electron chi connectivity index (χ3n) is 4.16. The fraction of sp³-hybridized carbons (Fsp3) is 0.182. The minimum atomic E-state index is -2.62. The highest BCUT2D eigenvalue weighted by Crippen LogP contribution is 2.33. The average Bonchev–Trinajstić information content (AvgIpc) is 2.78. The molecular formula is C22H19BrO8. The molecule has 0 saturated carbocycles. The van der Waals surface area contributed by atoms with E-state index in [1.807, 2.05) is 0 Å². The zero-order valence-corrected chi connectivity index (χ0v) is 18.3. The quantitative estimate of drug-likeness (QED) is 0.240. The fourth-order valence-corrected chi connectivity index (χ4v) is 2.84. The van der Waals surface area contributed by atoms with E-state index in [0.717, 1.165) is 18.7 Å². The van der Waals surface area contributed by atoms with Crippen LogP contribution in [-0.4, -0.2) is 38.1 Å². The number of hydrogen-bond donors (Lipinski definition) is 0. The van der Waals surface area contributed by atoms with Gasteiger partial charge in [-0.3, -0.25) is 9.59 Å². The lowest BCUT2D eigenvalue weighted by atomic mass is 9.81. The summed E-state index contributed by atoms with van der Waals surface area (Å²) in [5.74, 6) is -4.49. The zero-order chi connectivity index (χ0) is 23.0. The van der Waals surface area contributed by atoms with Crippen LogP contribution in [0.15, 0.2) is 71.2 Å². The van der Waals surface area contributed by atoms with E-state index in [4.69, 9.17) is 9.47 Å². The van der Waals surface area contributed by atoms with E-state index in [1.165, 1.54) is 24.3 Å². The number of rotatable bonds is 8. The second-order valence-corrected chi connectivity index (χ2v) is 7.13. The Kier molecular flexibility index (Phi) is 8.09. The van der Waals surface area contributed by atoms with Gasteiger partial charge in [-0.05, 0) is 36.4 Å². The van der Waals surface area contributed by atoms with Gasteiger partial charge in [0.05, 0.1) is 14.2 Å². The summed E-state index contributed by atoms with van der Waals surface area (Å²) in [7, 11) is 1.97. The van der Waals surface area contributed by atoms with Gasteiger partial charge in [-0.2, -0.15) is 0 Å². The van der Waals surface area contributed by atoms with Crippen molar-refractivity contribution in [1.82, 2.24) is 0 Å². The maximum atomic E-state index is 13.0. The van der Waals surface area contributed by atoms with Crippen LogP contribution >= 0.6 is 15.9 Å². The fourth-order valence-electron chi connectivity index (χ4n) is 2.57. The van der Waals surface area contributed by atoms with Gasteiger partial charge in [-0.1, -0.05) is 40.7 Å². The molecule has 0 aliphatic heterocycles. The van der Waals surface area contributed by atoms with Gasteiger partial charge in [0.25, 0.3) is 5.41 Å². The summed E-state index contributed by atoms with van der Waals surface area (Å²) in [6, 6.07) is 14.1. The largest absolute Gasteiger partial charge is 0.468 e. The Bertz CT molecular complexity index is 966. The summed E-state index contributed by atoms with van der Waals surface area (Å²) in [4.78, 5) is 50.6. The number of ether oxygens (including phenoxy) is 4. The van der Waals surface area contributed by atoms with Crippen LogP contribution in [0.2, 0.25) is 0 Å². The molecule has 9 heteroatoms. The van der Waals surface area contributed by atoms with Crippen molar-refractivity contribution in [3.8, 4) is 11.5 Å². The molecule has 0 saturated heterocycles. The van der Waals surface area contributed by atoms with Crippen molar-refractivity contribution in [3.05, 3.63) is 71.2 Å². The molecule has 31 heavy (non-hydrogen) atoms. The van der Waals surface area contributed by atoms with Crippen molar-refractivity contribution in [2.45, 2.75) is 6.42 Å². The summed E-state index contributed by atoms with van der Waals surface area (Å²) in [6.45, 7) is 3.57. The number of halogens is 1. The highest BCUT2D eigenvalue weighted by atomic mass is 79.9. The minimum Gasteiger partial charge on any atom is -0.468 e. The molecule has 0 fully saturated rings. The van der Waals surface area contributed by atoms with Gasteiger partial charge in [-0.25, -0.2) is 9.59 Å². The number of methoxy groups -OCH3 is 2. The zero-order valence-electron chi connectivity index (χ0n) is 16.8. The lowest BCUT2D eigenvalue weighted by Crippen LogP contribution is -2.50. The van der Waals surface area contributed by atoms with Gasteiger partial charge in [0.15, 0.2) is 0 Å². The van der Waals surface area contributed by atoms with Crippen LogP contribution in [0.4, 0.5) is 0 Å². The van der Waals surface area contributed by atoms with Crippen LogP contribution in [0.3, 0.4) is 0 Å². The normalized spacial score (nSPS) is 10.5.